The second kappa shape index (κ2) is 14.7. The summed E-state index contributed by atoms with van der Waals surface area (Å²) in [5.41, 5.74) is 1.13. The van der Waals surface area contributed by atoms with E-state index in [2.05, 4.69) is 21.3 Å². The molecule has 0 aliphatic rings. The lowest BCUT2D eigenvalue weighted by molar-refractivity contribution is -0.126. The first-order valence-electron chi connectivity index (χ1n) is 9.43. The zero-order chi connectivity index (χ0) is 21.3. The Kier molecular flexibility index (Phi) is 12.0. The lowest BCUT2D eigenvalue weighted by atomic mass is 10.1. The fourth-order valence-corrected chi connectivity index (χ4v) is 2.29. The fourth-order valence-electron chi connectivity index (χ4n) is 2.29. The largest absolute Gasteiger partial charge is 0.465 e. The van der Waals surface area contributed by atoms with Crippen LogP contribution in [0.3, 0.4) is 0 Å². The average Bonchev–Trinajstić information content (AvgIpc) is 2.70. The van der Waals surface area contributed by atoms with E-state index < -0.39 is 6.09 Å². The molecule has 1 rings (SSSR count). The topological polar surface area (TPSA) is 137 Å². The van der Waals surface area contributed by atoms with E-state index in [1.54, 1.807) is 12.2 Å². The van der Waals surface area contributed by atoms with Crippen molar-refractivity contribution in [2.75, 3.05) is 26.2 Å². The van der Waals surface area contributed by atoms with E-state index in [0.717, 1.165) is 12.0 Å². The number of carbonyl (C=O) groups excluding carboxylic acids is 3. The Bertz CT molecular complexity index is 691. The maximum Gasteiger partial charge on any atom is 0.404 e. The molecule has 0 aliphatic carbocycles. The Balaban J connectivity index is 2.01. The number of carboxylic acid groups (broad SMARTS) is 1. The molecule has 0 radical (unpaired) electrons. The molecule has 0 fully saturated rings. The SMILES string of the molecule is O=C(O)NCC=CCC(=O)NCCCC(=O)NCC(=O)NCCc1ccccc1. The molecule has 0 aromatic heterocycles. The van der Waals surface area contributed by atoms with Gasteiger partial charge in [-0.25, -0.2) is 4.79 Å². The maximum absolute atomic E-state index is 11.7. The summed E-state index contributed by atoms with van der Waals surface area (Å²) in [5.74, 6) is -0.710. The Hall–Kier alpha value is -3.36. The van der Waals surface area contributed by atoms with E-state index in [1.165, 1.54) is 0 Å². The molecule has 0 atom stereocenters. The van der Waals surface area contributed by atoms with Gasteiger partial charge >= 0.3 is 6.09 Å². The minimum atomic E-state index is -1.12. The van der Waals surface area contributed by atoms with Crippen molar-refractivity contribution in [1.29, 1.82) is 0 Å². The van der Waals surface area contributed by atoms with E-state index in [-0.39, 0.29) is 43.7 Å². The third kappa shape index (κ3) is 13.5. The molecule has 0 heterocycles. The van der Waals surface area contributed by atoms with Gasteiger partial charge in [-0.15, -0.1) is 0 Å². The van der Waals surface area contributed by atoms with Crippen LogP contribution in [0.5, 0.6) is 0 Å². The molecule has 4 amide bonds. The molecule has 9 nitrogen and oxygen atoms in total. The predicted octanol–water partition coefficient (Wildman–Crippen LogP) is 0.572. The molecule has 0 saturated heterocycles. The van der Waals surface area contributed by atoms with Crippen molar-refractivity contribution in [3.8, 4) is 0 Å². The maximum atomic E-state index is 11.7. The molecule has 0 bridgehead atoms. The van der Waals surface area contributed by atoms with Gasteiger partial charge in [-0.05, 0) is 18.4 Å². The summed E-state index contributed by atoms with van der Waals surface area (Å²) < 4.78 is 0. The molecule has 1 aromatic carbocycles. The highest BCUT2D eigenvalue weighted by molar-refractivity contribution is 5.84. The molecule has 0 unspecified atom stereocenters. The summed E-state index contributed by atoms with van der Waals surface area (Å²) in [7, 11) is 0. The molecular formula is C20H28N4O5. The summed E-state index contributed by atoms with van der Waals surface area (Å²) in [6, 6.07) is 9.79. The Morgan fingerprint density at radius 2 is 1.55 bits per heavy atom. The van der Waals surface area contributed by atoms with Crippen LogP contribution >= 0.6 is 0 Å². The number of rotatable bonds is 13. The molecule has 29 heavy (non-hydrogen) atoms. The van der Waals surface area contributed by atoms with Crippen LogP contribution in [0, 0.1) is 0 Å². The van der Waals surface area contributed by atoms with Gasteiger partial charge in [0.1, 0.15) is 0 Å². The molecule has 5 N–H and O–H groups in total. The van der Waals surface area contributed by atoms with Crippen LogP contribution in [0.2, 0.25) is 0 Å². The second-order valence-corrected chi connectivity index (χ2v) is 6.18. The molecule has 0 spiro atoms. The molecule has 158 valence electrons. The summed E-state index contributed by atoms with van der Waals surface area (Å²) >= 11 is 0. The lowest BCUT2D eigenvalue weighted by Crippen LogP contribution is -2.37. The zero-order valence-electron chi connectivity index (χ0n) is 16.3. The van der Waals surface area contributed by atoms with Crippen LogP contribution in [-0.4, -0.2) is 55.1 Å². The lowest BCUT2D eigenvalue weighted by Gasteiger charge is -2.07. The van der Waals surface area contributed by atoms with Gasteiger partial charge in [0, 0.05) is 32.5 Å². The number of amides is 4. The number of hydrogen-bond donors (Lipinski definition) is 5. The number of carbonyl (C=O) groups is 4. The first kappa shape index (κ1) is 23.7. The molecular weight excluding hydrogens is 376 g/mol. The standard InChI is InChI=1S/C20H28N4O5/c25-17(9-4-5-12-23-20(28)29)21-13-6-10-18(26)24-15-19(27)22-14-11-16-7-2-1-3-8-16/h1-5,7-8,23H,6,9-15H2,(H,21,25)(H,22,27)(H,24,26)(H,28,29). The van der Waals surface area contributed by atoms with Crippen LogP contribution in [0.15, 0.2) is 42.5 Å². The van der Waals surface area contributed by atoms with E-state index in [0.29, 0.717) is 19.5 Å². The number of nitrogens with one attached hydrogen (secondary N) is 4. The van der Waals surface area contributed by atoms with Crippen molar-refractivity contribution in [1.82, 2.24) is 21.3 Å². The highest BCUT2D eigenvalue weighted by Gasteiger charge is 2.06. The zero-order valence-corrected chi connectivity index (χ0v) is 16.3. The van der Waals surface area contributed by atoms with Gasteiger partial charge < -0.3 is 26.4 Å². The van der Waals surface area contributed by atoms with Crippen LogP contribution in [0.1, 0.15) is 24.8 Å². The third-order valence-electron chi connectivity index (χ3n) is 3.77. The van der Waals surface area contributed by atoms with E-state index in [4.69, 9.17) is 5.11 Å². The van der Waals surface area contributed by atoms with Gasteiger partial charge in [0.05, 0.1) is 6.54 Å². The van der Waals surface area contributed by atoms with Crippen LogP contribution < -0.4 is 21.3 Å². The Morgan fingerprint density at radius 1 is 0.828 bits per heavy atom. The van der Waals surface area contributed by atoms with Gasteiger partial charge in [-0.2, -0.15) is 0 Å². The van der Waals surface area contributed by atoms with Gasteiger partial charge in [-0.3, -0.25) is 14.4 Å². The quantitative estimate of drug-likeness (QED) is 0.242. The van der Waals surface area contributed by atoms with Gasteiger partial charge in [0.15, 0.2) is 0 Å². The number of benzene rings is 1. The second-order valence-electron chi connectivity index (χ2n) is 6.18. The highest BCUT2D eigenvalue weighted by atomic mass is 16.4. The summed E-state index contributed by atoms with van der Waals surface area (Å²) in [4.78, 5) is 45.2. The van der Waals surface area contributed by atoms with Crippen molar-refractivity contribution in [2.24, 2.45) is 0 Å². The van der Waals surface area contributed by atoms with E-state index >= 15 is 0 Å². The summed E-state index contributed by atoms with van der Waals surface area (Å²) in [6.07, 6.45) is 3.51. The summed E-state index contributed by atoms with van der Waals surface area (Å²) in [6.45, 7) is 0.917. The van der Waals surface area contributed by atoms with Crippen molar-refractivity contribution in [3.63, 3.8) is 0 Å². The molecule has 0 saturated carbocycles. The average molecular weight is 404 g/mol. The molecule has 1 aromatic rings. The smallest absolute Gasteiger partial charge is 0.404 e. The van der Waals surface area contributed by atoms with Crippen molar-refractivity contribution < 1.29 is 24.3 Å². The Labute approximate surface area is 169 Å². The summed E-state index contributed by atoms with van der Waals surface area (Å²) in [5, 5.41) is 18.5. The fraction of sp³-hybridized carbons (Fsp3) is 0.400. The highest BCUT2D eigenvalue weighted by Crippen LogP contribution is 1.98. The van der Waals surface area contributed by atoms with Crippen LogP contribution in [0.25, 0.3) is 0 Å². The van der Waals surface area contributed by atoms with Gasteiger partial charge in [0.2, 0.25) is 17.7 Å². The predicted molar refractivity (Wildman–Crippen MR) is 108 cm³/mol. The van der Waals surface area contributed by atoms with E-state index in [1.807, 2.05) is 30.3 Å². The Morgan fingerprint density at radius 3 is 2.28 bits per heavy atom. The minimum Gasteiger partial charge on any atom is -0.465 e. The minimum absolute atomic E-state index is 0.0743. The van der Waals surface area contributed by atoms with Crippen molar-refractivity contribution in [2.45, 2.75) is 25.7 Å². The number of hydrogen-bond acceptors (Lipinski definition) is 4. The molecule has 0 aliphatic heterocycles. The van der Waals surface area contributed by atoms with Crippen LogP contribution in [0.4, 0.5) is 4.79 Å². The molecule has 9 heteroatoms. The van der Waals surface area contributed by atoms with Gasteiger partial charge in [-0.1, -0.05) is 42.5 Å². The van der Waals surface area contributed by atoms with Crippen molar-refractivity contribution in [3.05, 3.63) is 48.0 Å². The van der Waals surface area contributed by atoms with Crippen molar-refractivity contribution >= 4 is 23.8 Å². The third-order valence-corrected chi connectivity index (χ3v) is 3.77. The first-order chi connectivity index (χ1) is 14.0. The van der Waals surface area contributed by atoms with Crippen LogP contribution in [-0.2, 0) is 20.8 Å². The monoisotopic (exact) mass is 404 g/mol. The van der Waals surface area contributed by atoms with Gasteiger partial charge in [0.25, 0.3) is 0 Å². The first-order valence-corrected chi connectivity index (χ1v) is 9.43. The normalized spacial score (nSPS) is 10.3. The van der Waals surface area contributed by atoms with E-state index in [9.17, 15) is 19.2 Å².